The molecule has 1 heterocycles. The summed E-state index contributed by atoms with van der Waals surface area (Å²) in [7, 11) is 0. The minimum Gasteiger partial charge on any atom is -0.499 e. The summed E-state index contributed by atoms with van der Waals surface area (Å²) in [4.78, 5) is 0.964. The van der Waals surface area contributed by atoms with Crippen LogP contribution >= 0.6 is 24.0 Å². The van der Waals surface area contributed by atoms with Crippen molar-refractivity contribution in [1.29, 1.82) is 0 Å². The van der Waals surface area contributed by atoms with Crippen LogP contribution in [0.3, 0.4) is 0 Å². The summed E-state index contributed by atoms with van der Waals surface area (Å²) >= 11 is 5.72. The van der Waals surface area contributed by atoms with Crippen LogP contribution in [0.15, 0.2) is 23.1 Å². The van der Waals surface area contributed by atoms with Gasteiger partial charge in [-0.2, -0.15) is 0 Å². The van der Waals surface area contributed by atoms with E-state index in [1.165, 1.54) is 16.9 Å². The summed E-state index contributed by atoms with van der Waals surface area (Å²) in [6.07, 6.45) is 0.973. The van der Waals surface area contributed by atoms with Crippen molar-refractivity contribution < 1.29 is 5.11 Å². The second kappa shape index (κ2) is 3.24. The van der Waals surface area contributed by atoms with Gasteiger partial charge in [-0.05, 0) is 35.6 Å². The van der Waals surface area contributed by atoms with E-state index in [0.29, 0.717) is 5.06 Å². The van der Waals surface area contributed by atoms with Gasteiger partial charge in [0.05, 0.1) is 0 Å². The highest BCUT2D eigenvalue weighted by Gasteiger charge is 2.05. The third-order valence-corrected chi connectivity index (χ3v) is 3.22. The number of benzene rings is 1. The molecule has 0 atom stereocenters. The molecule has 68 valence electrons. The quantitative estimate of drug-likeness (QED) is 0.691. The van der Waals surface area contributed by atoms with E-state index in [1.807, 2.05) is 12.1 Å². The van der Waals surface area contributed by atoms with Crippen LogP contribution in [0.1, 0.15) is 12.5 Å². The van der Waals surface area contributed by atoms with Crippen LogP contribution < -0.4 is 0 Å². The maximum atomic E-state index is 9.36. The number of rotatable bonds is 1. The first kappa shape index (κ1) is 8.91. The Hall–Kier alpha value is -0.670. The second-order valence-electron chi connectivity index (χ2n) is 2.95. The minimum absolute atomic E-state index is 0.378. The van der Waals surface area contributed by atoms with E-state index in [-0.39, 0.29) is 0 Å². The number of aromatic hydroxyl groups is 1. The normalized spacial score (nSPS) is 10.9. The Balaban J connectivity index is 2.80. The zero-order chi connectivity index (χ0) is 9.42. The van der Waals surface area contributed by atoms with Gasteiger partial charge in [0.25, 0.3) is 0 Å². The SMILES string of the molecule is CCc1cc(S)cc2sc(O)cc12. The maximum absolute atomic E-state index is 9.36. The van der Waals surface area contributed by atoms with Gasteiger partial charge in [0.1, 0.15) is 0 Å². The van der Waals surface area contributed by atoms with Crippen LogP contribution in [-0.2, 0) is 6.42 Å². The first-order valence-electron chi connectivity index (χ1n) is 4.15. The van der Waals surface area contributed by atoms with Crippen molar-refractivity contribution >= 4 is 34.1 Å². The van der Waals surface area contributed by atoms with E-state index >= 15 is 0 Å². The molecule has 3 heteroatoms. The molecule has 2 rings (SSSR count). The number of hydrogen-bond donors (Lipinski definition) is 2. The Morgan fingerprint density at radius 2 is 2.15 bits per heavy atom. The molecule has 1 N–H and O–H groups in total. The molecule has 0 spiro atoms. The lowest BCUT2D eigenvalue weighted by molar-refractivity contribution is 0.491. The molecule has 0 fully saturated rings. The highest BCUT2D eigenvalue weighted by Crippen LogP contribution is 2.34. The van der Waals surface area contributed by atoms with Gasteiger partial charge in [0.2, 0.25) is 0 Å². The molecule has 0 saturated carbocycles. The number of thiol groups is 1. The van der Waals surface area contributed by atoms with Gasteiger partial charge in [-0.3, -0.25) is 0 Å². The van der Waals surface area contributed by atoms with Gasteiger partial charge in [-0.25, -0.2) is 0 Å². The van der Waals surface area contributed by atoms with Gasteiger partial charge < -0.3 is 5.11 Å². The summed E-state index contributed by atoms with van der Waals surface area (Å²) in [5.41, 5.74) is 1.25. The zero-order valence-corrected chi connectivity index (χ0v) is 8.95. The van der Waals surface area contributed by atoms with E-state index in [0.717, 1.165) is 21.4 Å². The number of aryl methyl sites for hydroxylation is 1. The molecule has 1 aromatic carbocycles. The van der Waals surface area contributed by atoms with Crippen LogP contribution in [0.2, 0.25) is 0 Å². The van der Waals surface area contributed by atoms with Crippen LogP contribution in [-0.4, -0.2) is 5.11 Å². The topological polar surface area (TPSA) is 20.2 Å². The Labute approximate surface area is 86.4 Å². The molecule has 0 bridgehead atoms. The molecular weight excluding hydrogens is 200 g/mol. The van der Waals surface area contributed by atoms with Crippen LogP contribution in [0.5, 0.6) is 5.06 Å². The maximum Gasteiger partial charge on any atom is 0.172 e. The fourth-order valence-electron chi connectivity index (χ4n) is 1.47. The first-order valence-corrected chi connectivity index (χ1v) is 5.41. The van der Waals surface area contributed by atoms with Gasteiger partial charge >= 0.3 is 0 Å². The van der Waals surface area contributed by atoms with Crippen molar-refractivity contribution in [2.24, 2.45) is 0 Å². The Morgan fingerprint density at radius 3 is 2.85 bits per heavy atom. The fourth-order valence-corrected chi connectivity index (χ4v) is 2.73. The third-order valence-electron chi connectivity index (χ3n) is 2.08. The van der Waals surface area contributed by atoms with Crippen molar-refractivity contribution in [3.63, 3.8) is 0 Å². The monoisotopic (exact) mass is 210 g/mol. The van der Waals surface area contributed by atoms with Gasteiger partial charge in [0.15, 0.2) is 5.06 Å². The van der Waals surface area contributed by atoms with Crippen LogP contribution in [0.25, 0.3) is 10.1 Å². The molecule has 0 radical (unpaired) electrons. The summed E-state index contributed by atoms with van der Waals surface area (Å²) in [5, 5.41) is 10.9. The lowest BCUT2D eigenvalue weighted by Crippen LogP contribution is -1.80. The molecule has 0 aliphatic heterocycles. The van der Waals surface area contributed by atoms with Crippen LogP contribution in [0, 0.1) is 0 Å². The average Bonchev–Trinajstić information content (AvgIpc) is 2.43. The van der Waals surface area contributed by atoms with Gasteiger partial charge in [0, 0.05) is 9.60 Å². The van der Waals surface area contributed by atoms with E-state index < -0.39 is 0 Å². The molecule has 13 heavy (non-hydrogen) atoms. The smallest absolute Gasteiger partial charge is 0.172 e. The molecular formula is C10H10OS2. The first-order chi connectivity index (χ1) is 6.20. The van der Waals surface area contributed by atoms with Crippen molar-refractivity contribution in [2.45, 2.75) is 18.2 Å². The minimum atomic E-state index is 0.378. The van der Waals surface area contributed by atoms with Gasteiger partial charge in [-0.15, -0.1) is 12.6 Å². The largest absolute Gasteiger partial charge is 0.499 e. The lowest BCUT2D eigenvalue weighted by Gasteiger charge is -2.00. The Bertz CT molecular complexity index is 445. The molecule has 0 saturated heterocycles. The van der Waals surface area contributed by atoms with E-state index in [2.05, 4.69) is 25.6 Å². The average molecular weight is 210 g/mol. The predicted octanol–water partition coefficient (Wildman–Crippen LogP) is 3.46. The van der Waals surface area contributed by atoms with Gasteiger partial charge in [-0.1, -0.05) is 18.3 Å². The molecule has 1 nitrogen and oxygen atoms in total. The highest BCUT2D eigenvalue weighted by atomic mass is 32.1. The Kier molecular flexibility index (Phi) is 2.22. The van der Waals surface area contributed by atoms with Crippen molar-refractivity contribution in [3.05, 3.63) is 23.8 Å². The summed E-state index contributed by atoms with van der Waals surface area (Å²) in [6, 6.07) is 5.87. The van der Waals surface area contributed by atoms with Crippen molar-refractivity contribution in [2.75, 3.05) is 0 Å². The lowest BCUT2D eigenvalue weighted by atomic mass is 10.1. The molecule has 0 unspecified atom stereocenters. The zero-order valence-electron chi connectivity index (χ0n) is 7.24. The highest BCUT2D eigenvalue weighted by molar-refractivity contribution is 7.80. The fraction of sp³-hybridized carbons (Fsp3) is 0.200. The molecule has 0 aliphatic carbocycles. The van der Waals surface area contributed by atoms with E-state index in [9.17, 15) is 5.11 Å². The standard InChI is InChI=1S/C10H10OS2/c1-2-6-3-7(12)4-9-8(6)5-10(11)13-9/h3-5,11-12H,2H2,1H3. The summed E-state index contributed by atoms with van der Waals surface area (Å²) in [6.45, 7) is 2.11. The van der Waals surface area contributed by atoms with E-state index in [1.54, 1.807) is 0 Å². The van der Waals surface area contributed by atoms with Crippen molar-refractivity contribution in [1.82, 2.24) is 0 Å². The van der Waals surface area contributed by atoms with E-state index in [4.69, 9.17) is 0 Å². The molecule has 0 amide bonds. The number of fused-ring (bicyclic) bond motifs is 1. The Morgan fingerprint density at radius 1 is 1.38 bits per heavy atom. The van der Waals surface area contributed by atoms with Crippen molar-refractivity contribution in [3.8, 4) is 5.06 Å². The molecule has 2 aromatic rings. The molecule has 1 aromatic heterocycles. The summed E-state index contributed by atoms with van der Waals surface area (Å²) < 4.78 is 1.11. The third kappa shape index (κ3) is 1.54. The predicted molar refractivity (Wildman–Crippen MR) is 60.1 cm³/mol. The number of hydrogen-bond acceptors (Lipinski definition) is 3. The summed E-state index contributed by atoms with van der Waals surface area (Å²) in [5.74, 6) is 0. The number of thiophene rings is 1. The second-order valence-corrected chi connectivity index (χ2v) is 4.53. The van der Waals surface area contributed by atoms with Crippen LogP contribution in [0.4, 0.5) is 0 Å². The molecule has 0 aliphatic rings.